The summed E-state index contributed by atoms with van der Waals surface area (Å²) < 4.78 is 10.4. The molecule has 1 heterocycles. The van der Waals surface area contributed by atoms with Crippen molar-refractivity contribution in [3.63, 3.8) is 0 Å². The summed E-state index contributed by atoms with van der Waals surface area (Å²) in [6.45, 7) is 4.19. The number of nitrogens with zero attached hydrogens (tertiary/aromatic N) is 1. The first-order valence-electron chi connectivity index (χ1n) is 7.95. The van der Waals surface area contributed by atoms with Crippen LogP contribution in [0.5, 0.6) is 5.75 Å². The third-order valence-electron chi connectivity index (χ3n) is 3.22. The highest BCUT2D eigenvalue weighted by molar-refractivity contribution is 8.01. The summed E-state index contributed by atoms with van der Waals surface area (Å²) in [4.78, 5) is 23.8. The number of ether oxygens (including phenoxy) is 1. The molecule has 1 aromatic heterocycles. The van der Waals surface area contributed by atoms with Gasteiger partial charge in [-0.2, -0.15) is 0 Å². The van der Waals surface area contributed by atoms with E-state index in [-0.39, 0.29) is 17.6 Å². The van der Waals surface area contributed by atoms with Gasteiger partial charge in [0.15, 0.2) is 5.82 Å². The second-order valence-electron chi connectivity index (χ2n) is 5.42. The average molecular weight is 398 g/mol. The fraction of sp³-hybridized carbons (Fsp3) is 0.353. The quantitative estimate of drug-likeness (QED) is 0.632. The van der Waals surface area contributed by atoms with E-state index in [0.29, 0.717) is 35.5 Å². The highest BCUT2D eigenvalue weighted by Gasteiger charge is 2.16. The Morgan fingerprint density at radius 2 is 2.08 bits per heavy atom. The molecule has 0 bridgehead atoms. The van der Waals surface area contributed by atoms with E-state index in [9.17, 15) is 9.59 Å². The van der Waals surface area contributed by atoms with Crippen LogP contribution in [0.3, 0.4) is 0 Å². The van der Waals surface area contributed by atoms with Crippen LogP contribution in [0.4, 0.5) is 5.82 Å². The molecule has 1 aromatic carbocycles. The molecule has 0 saturated heterocycles. The van der Waals surface area contributed by atoms with Crippen LogP contribution in [0.15, 0.2) is 34.9 Å². The van der Waals surface area contributed by atoms with Gasteiger partial charge in [0, 0.05) is 11.1 Å². The minimum absolute atomic E-state index is 0.161. The average Bonchev–Trinajstić information content (AvgIpc) is 3.02. The standard InChI is InChI=1S/C17H20ClN3O4S/c1-11-9-15(21-25-11)20-17(23)12(2)26-10-16(22)19-7-8-24-14-5-3-13(18)4-6-14/h3-6,9,12H,7-8,10H2,1-2H3,(H,19,22)(H,20,21,23). The van der Waals surface area contributed by atoms with Crippen molar-refractivity contribution in [3.8, 4) is 5.75 Å². The van der Waals surface area contributed by atoms with Crippen LogP contribution in [0.25, 0.3) is 0 Å². The fourth-order valence-electron chi connectivity index (χ4n) is 1.87. The predicted octanol–water partition coefficient (Wildman–Crippen LogP) is 2.89. The number of hydrogen-bond donors (Lipinski definition) is 2. The third kappa shape index (κ3) is 6.97. The van der Waals surface area contributed by atoms with E-state index >= 15 is 0 Å². The van der Waals surface area contributed by atoms with Gasteiger partial charge in [-0.3, -0.25) is 9.59 Å². The highest BCUT2D eigenvalue weighted by atomic mass is 35.5. The van der Waals surface area contributed by atoms with Crippen molar-refractivity contribution >= 4 is 41.0 Å². The normalized spacial score (nSPS) is 11.7. The molecule has 0 spiro atoms. The molecule has 9 heteroatoms. The van der Waals surface area contributed by atoms with Crippen LogP contribution in [-0.4, -0.2) is 41.1 Å². The number of nitrogens with one attached hydrogen (secondary N) is 2. The van der Waals surface area contributed by atoms with Gasteiger partial charge in [-0.1, -0.05) is 16.8 Å². The number of hydrogen-bond acceptors (Lipinski definition) is 6. The van der Waals surface area contributed by atoms with E-state index in [1.807, 2.05) is 0 Å². The van der Waals surface area contributed by atoms with Gasteiger partial charge in [0.05, 0.1) is 17.5 Å². The number of aryl methyl sites for hydroxylation is 1. The molecular formula is C17H20ClN3O4S. The van der Waals surface area contributed by atoms with E-state index in [2.05, 4.69) is 15.8 Å². The first kappa shape index (κ1) is 20.1. The number of aromatic nitrogens is 1. The molecule has 140 valence electrons. The Morgan fingerprint density at radius 1 is 1.35 bits per heavy atom. The lowest BCUT2D eigenvalue weighted by Gasteiger charge is -2.11. The Hall–Kier alpha value is -2.19. The molecule has 2 amide bonds. The van der Waals surface area contributed by atoms with Gasteiger partial charge in [-0.15, -0.1) is 11.8 Å². The van der Waals surface area contributed by atoms with Crippen molar-refractivity contribution < 1.29 is 18.8 Å². The van der Waals surface area contributed by atoms with E-state index in [4.69, 9.17) is 20.9 Å². The second-order valence-corrected chi connectivity index (χ2v) is 7.18. The third-order valence-corrected chi connectivity index (χ3v) is 4.61. The van der Waals surface area contributed by atoms with Gasteiger partial charge in [0.2, 0.25) is 11.8 Å². The van der Waals surface area contributed by atoms with Gasteiger partial charge in [0.25, 0.3) is 0 Å². The van der Waals surface area contributed by atoms with Crippen LogP contribution in [-0.2, 0) is 9.59 Å². The SMILES string of the molecule is Cc1cc(NC(=O)C(C)SCC(=O)NCCOc2ccc(Cl)cc2)no1. The minimum Gasteiger partial charge on any atom is -0.492 e. The van der Waals surface area contributed by atoms with E-state index in [1.165, 1.54) is 11.8 Å². The molecule has 0 aliphatic carbocycles. The van der Waals surface area contributed by atoms with E-state index < -0.39 is 5.25 Å². The largest absolute Gasteiger partial charge is 0.492 e. The van der Waals surface area contributed by atoms with Gasteiger partial charge >= 0.3 is 0 Å². The molecule has 26 heavy (non-hydrogen) atoms. The van der Waals surface area contributed by atoms with Gasteiger partial charge in [-0.25, -0.2) is 0 Å². The van der Waals surface area contributed by atoms with Crippen molar-refractivity contribution in [2.45, 2.75) is 19.1 Å². The maximum absolute atomic E-state index is 12.0. The number of amides is 2. The number of benzene rings is 1. The zero-order valence-corrected chi connectivity index (χ0v) is 16.0. The molecular weight excluding hydrogens is 378 g/mol. The number of anilines is 1. The number of carbonyl (C=O) groups is 2. The van der Waals surface area contributed by atoms with Crippen molar-refractivity contribution in [1.29, 1.82) is 0 Å². The molecule has 1 atom stereocenters. The molecule has 0 fully saturated rings. The predicted molar refractivity (Wildman–Crippen MR) is 102 cm³/mol. The van der Waals surface area contributed by atoms with E-state index in [1.54, 1.807) is 44.2 Å². The molecule has 0 saturated carbocycles. The summed E-state index contributed by atoms with van der Waals surface area (Å²) in [5, 5.41) is 9.31. The van der Waals surface area contributed by atoms with Crippen LogP contribution in [0.2, 0.25) is 5.02 Å². The molecule has 2 aromatic rings. The lowest BCUT2D eigenvalue weighted by Crippen LogP contribution is -2.31. The minimum atomic E-state index is -0.400. The lowest BCUT2D eigenvalue weighted by molar-refractivity contribution is -0.118. The molecule has 0 aliphatic heterocycles. The maximum atomic E-state index is 12.0. The van der Waals surface area contributed by atoms with E-state index in [0.717, 1.165) is 0 Å². The van der Waals surface area contributed by atoms with Crippen LogP contribution in [0.1, 0.15) is 12.7 Å². The number of rotatable bonds is 9. The monoisotopic (exact) mass is 397 g/mol. The van der Waals surface area contributed by atoms with Gasteiger partial charge < -0.3 is 19.9 Å². The number of carbonyl (C=O) groups excluding carboxylic acids is 2. The second kappa shape index (κ2) is 10.1. The van der Waals surface area contributed by atoms with Crippen LogP contribution in [0, 0.1) is 6.92 Å². The Kier molecular flexibility index (Phi) is 7.80. The molecule has 2 N–H and O–H groups in total. The van der Waals surface area contributed by atoms with Crippen LogP contribution < -0.4 is 15.4 Å². The first-order valence-corrected chi connectivity index (χ1v) is 9.37. The first-order chi connectivity index (χ1) is 12.4. The summed E-state index contributed by atoms with van der Waals surface area (Å²) in [6, 6.07) is 8.62. The number of halogens is 1. The molecule has 0 radical (unpaired) electrons. The summed E-state index contributed by atoms with van der Waals surface area (Å²) in [6.07, 6.45) is 0. The molecule has 1 unspecified atom stereocenters. The summed E-state index contributed by atoms with van der Waals surface area (Å²) >= 11 is 7.03. The van der Waals surface area contributed by atoms with Crippen molar-refractivity contribution in [2.24, 2.45) is 0 Å². The van der Waals surface area contributed by atoms with Crippen molar-refractivity contribution in [2.75, 3.05) is 24.2 Å². The fourth-order valence-corrected chi connectivity index (χ4v) is 2.71. The summed E-state index contributed by atoms with van der Waals surface area (Å²) in [7, 11) is 0. The zero-order chi connectivity index (χ0) is 18.9. The van der Waals surface area contributed by atoms with Gasteiger partial charge in [-0.05, 0) is 38.1 Å². The molecule has 2 rings (SSSR count). The maximum Gasteiger partial charge on any atom is 0.238 e. The Labute approximate surface area is 160 Å². The number of thioether (sulfide) groups is 1. The van der Waals surface area contributed by atoms with Crippen molar-refractivity contribution in [1.82, 2.24) is 10.5 Å². The summed E-state index contributed by atoms with van der Waals surface area (Å²) in [5.41, 5.74) is 0. The molecule has 7 nitrogen and oxygen atoms in total. The summed E-state index contributed by atoms with van der Waals surface area (Å²) in [5.74, 6) is 1.44. The van der Waals surface area contributed by atoms with Crippen molar-refractivity contribution in [3.05, 3.63) is 41.1 Å². The molecule has 0 aliphatic rings. The lowest BCUT2D eigenvalue weighted by atomic mass is 10.3. The Bertz CT molecular complexity index is 736. The zero-order valence-electron chi connectivity index (χ0n) is 14.5. The smallest absolute Gasteiger partial charge is 0.238 e. The Morgan fingerprint density at radius 3 is 2.73 bits per heavy atom. The Balaban J connectivity index is 1.60. The van der Waals surface area contributed by atoms with Gasteiger partial charge in [0.1, 0.15) is 18.1 Å². The topological polar surface area (TPSA) is 93.5 Å². The highest BCUT2D eigenvalue weighted by Crippen LogP contribution is 2.15. The van der Waals surface area contributed by atoms with Crippen LogP contribution >= 0.6 is 23.4 Å².